The van der Waals surface area contributed by atoms with E-state index in [9.17, 15) is 0 Å². The third kappa shape index (κ3) is 3.61. The van der Waals surface area contributed by atoms with Gasteiger partial charge in [0.25, 0.3) is 0 Å². The van der Waals surface area contributed by atoms with Crippen molar-refractivity contribution in [2.45, 2.75) is 59.1 Å². The van der Waals surface area contributed by atoms with Gasteiger partial charge in [-0.25, -0.2) is 0 Å². The summed E-state index contributed by atoms with van der Waals surface area (Å²) in [5, 5.41) is 0.682. The molecule has 1 spiro atoms. The van der Waals surface area contributed by atoms with Gasteiger partial charge >= 0.3 is 0 Å². The molecule has 0 amide bonds. The van der Waals surface area contributed by atoms with Gasteiger partial charge in [0, 0.05) is 31.3 Å². The predicted octanol–water partition coefficient (Wildman–Crippen LogP) is 6.35. The van der Waals surface area contributed by atoms with Crippen LogP contribution in [0.15, 0.2) is 30.3 Å². The highest BCUT2D eigenvalue weighted by Gasteiger charge is 2.50. The van der Waals surface area contributed by atoms with Crippen molar-refractivity contribution < 1.29 is 9.47 Å². The minimum atomic E-state index is 0.0635. The Hall–Kier alpha value is -1.71. The average molecular weight is 426 g/mol. The third-order valence-corrected chi connectivity index (χ3v) is 7.50. The molecule has 0 unspecified atom stereocenters. The Kier molecular flexibility index (Phi) is 5.23. The normalized spacial score (nSPS) is 22.5. The van der Waals surface area contributed by atoms with E-state index in [1.807, 2.05) is 13.0 Å². The van der Waals surface area contributed by atoms with Crippen molar-refractivity contribution in [2.75, 3.05) is 19.7 Å². The van der Waals surface area contributed by atoms with Crippen LogP contribution in [-0.2, 0) is 13.0 Å². The number of aryl methyl sites for hydroxylation is 1. The maximum absolute atomic E-state index is 6.70. The van der Waals surface area contributed by atoms with E-state index < -0.39 is 0 Å². The van der Waals surface area contributed by atoms with Crippen LogP contribution in [0.2, 0.25) is 5.02 Å². The molecule has 4 heteroatoms. The van der Waals surface area contributed by atoms with Crippen molar-refractivity contribution >= 4 is 11.6 Å². The number of rotatable bonds is 6. The molecular weight excluding hydrogens is 394 g/mol. The summed E-state index contributed by atoms with van der Waals surface area (Å²) in [6.45, 7) is 10.5. The van der Waals surface area contributed by atoms with Gasteiger partial charge in [0.15, 0.2) is 0 Å². The van der Waals surface area contributed by atoms with Crippen molar-refractivity contribution in [3.05, 3.63) is 57.6 Å². The van der Waals surface area contributed by atoms with Crippen LogP contribution in [0, 0.1) is 18.3 Å². The molecule has 1 saturated carbocycles. The standard InChI is InChI=1S/C26H32ClNO2/c1-4-29-24-11-25(30-23-9-8-20-18(3)6-5-7-21(20)23)22(27)10-19(24)14-28-15-26(16-28)12-17(2)13-26/h5-7,10-11,17,23H,4,8-9,12-16H2,1-3H3/t23-/m0/s1. The number of ether oxygens (including phenoxy) is 2. The molecule has 1 saturated heterocycles. The second-order valence-corrected chi connectivity index (χ2v) is 10.2. The number of hydrogen-bond acceptors (Lipinski definition) is 3. The van der Waals surface area contributed by atoms with Crippen molar-refractivity contribution in [1.82, 2.24) is 4.90 Å². The Bertz CT molecular complexity index is 942. The molecule has 2 aromatic carbocycles. The fourth-order valence-electron chi connectivity index (χ4n) is 6.09. The van der Waals surface area contributed by atoms with E-state index in [0.29, 0.717) is 17.0 Å². The van der Waals surface area contributed by atoms with Gasteiger partial charge in [-0.1, -0.05) is 36.7 Å². The molecule has 2 aliphatic carbocycles. The van der Waals surface area contributed by atoms with E-state index >= 15 is 0 Å². The lowest BCUT2D eigenvalue weighted by molar-refractivity contribution is -0.0934. The molecule has 1 aliphatic heterocycles. The van der Waals surface area contributed by atoms with Crippen molar-refractivity contribution in [2.24, 2.45) is 11.3 Å². The zero-order valence-corrected chi connectivity index (χ0v) is 19.1. The van der Waals surface area contributed by atoms with Crippen molar-refractivity contribution in [1.29, 1.82) is 0 Å². The predicted molar refractivity (Wildman–Crippen MR) is 122 cm³/mol. The van der Waals surface area contributed by atoms with Gasteiger partial charge in [-0.3, -0.25) is 4.90 Å². The van der Waals surface area contributed by atoms with Crippen LogP contribution >= 0.6 is 11.6 Å². The molecule has 1 heterocycles. The van der Waals surface area contributed by atoms with Gasteiger partial charge in [0.2, 0.25) is 0 Å². The van der Waals surface area contributed by atoms with Crippen LogP contribution in [0.4, 0.5) is 0 Å². The minimum Gasteiger partial charge on any atom is -0.493 e. The summed E-state index contributed by atoms with van der Waals surface area (Å²) < 4.78 is 12.4. The Balaban J connectivity index is 1.32. The third-order valence-electron chi connectivity index (χ3n) is 7.21. The summed E-state index contributed by atoms with van der Waals surface area (Å²) in [4.78, 5) is 2.52. The molecule has 2 fully saturated rings. The highest BCUT2D eigenvalue weighted by molar-refractivity contribution is 6.32. The van der Waals surface area contributed by atoms with E-state index in [4.69, 9.17) is 21.1 Å². The monoisotopic (exact) mass is 425 g/mol. The molecule has 3 nitrogen and oxygen atoms in total. The zero-order chi connectivity index (χ0) is 20.9. The van der Waals surface area contributed by atoms with Gasteiger partial charge < -0.3 is 9.47 Å². The van der Waals surface area contributed by atoms with Gasteiger partial charge in [-0.2, -0.15) is 0 Å². The smallest absolute Gasteiger partial charge is 0.142 e. The lowest BCUT2D eigenvalue weighted by Gasteiger charge is -2.59. The highest BCUT2D eigenvalue weighted by atomic mass is 35.5. The molecule has 3 aliphatic rings. The Morgan fingerprint density at radius 1 is 1.17 bits per heavy atom. The SMILES string of the molecule is CCOc1cc(O[C@H]2CCc3c(C)cccc32)c(Cl)cc1CN1CC2(CC(C)C2)C1. The summed E-state index contributed by atoms with van der Waals surface area (Å²) in [5.41, 5.74) is 5.85. The van der Waals surface area contributed by atoms with Gasteiger partial charge in [0.05, 0.1) is 11.6 Å². The lowest BCUT2D eigenvalue weighted by Crippen LogP contribution is -2.61. The van der Waals surface area contributed by atoms with Crippen LogP contribution in [0.1, 0.15) is 61.5 Å². The topological polar surface area (TPSA) is 21.7 Å². The highest BCUT2D eigenvalue weighted by Crippen LogP contribution is 2.52. The Morgan fingerprint density at radius 2 is 1.97 bits per heavy atom. The number of hydrogen-bond donors (Lipinski definition) is 0. The summed E-state index contributed by atoms with van der Waals surface area (Å²) in [6.07, 6.45) is 4.90. The van der Waals surface area contributed by atoms with Gasteiger partial charge in [-0.15, -0.1) is 0 Å². The maximum atomic E-state index is 6.70. The summed E-state index contributed by atoms with van der Waals surface area (Å²) in [7, 11) is 0. The van der Waals surface area contributed by atoms with Crippen LogP contribution in [0.5, 0.6) is 11.5 Å². The van der Waals surface area contributed by atoms with E-state index in [1.165, 1.54) is 48.2 Å². The second-order valence-electron chi connectivity index (χ2n) is 9.77. The molecular formula is C26H32ClNO2. The first-order valence-electron chi connectivity index (χ1n) is 11.4. The van der Waals surface area contributed by atoms with E-state index in [1.54, 1.807) is 0 Å². The largest absolute Gasteiger partial charge is 0.493 e. The molecule has 0 N–H and O–H groups in total. The molecule has 160 valence electrons. The van der Waals surface area contributed by atoms with E-state index in [2.05, 4.69) is 43.0 Å². The number of benzene rings is 2. The minimum absolute atomic E-state index is 0.0635. The maximum Gasteiger partial charge on any atom is 0.142 e. The first-order chi connectivity index (χ1) is 14.5. The number of nitrogens with zero attached hydrogens (tertiary/aromatic N) is 1. The quantitative estimate of drug-likeness (QED) is 0.538. The van der Waals surface area contributed by atoms with Crippen molar-refractivity contribution in [3.63, 3.8) is 0 Å². The average Bonchev–Trinajstić information content (AvgIpc) is 3.07. The van der Waals surface area contributed by atoms with Crippen molar-refractivity contribution in [3.8, 4) is 11.5 Å². The summed E-state index contributed by atoms with van der Waals surface area (Å²) >= 11 is 6.70. The fraction of sp³-hybridized carbons (Fsp3) is 0.538. The molecule has 2 aromatic rings. The Labute approximate surface area is 185 Å². The lowest BCUT2D eigenvalue weighted by atomic mass is 9.58. The van der Waals surface area contributed by atoms with E-state index in [0.717, 1.165) is 36.8 Å². The molecule has 0 bridgehead atoms. The number of halogens is 1. The number of fused-ring (bicyclic) bond motifs is 1. The van der Waals surface area contributed by atoms with Crippen LogP contribution < -0.4 is 9.47 Å². The van der Waals surface area contributed by atoms with Crippen LogP contribution in [-0.4, -0.2) is 24.6 Å². The Morgan fingerprint density at radius 3 is 2.70 bits per heavy atom. The van der Waals surface area contributed by atoms with Crippen LogP contribution in [0.3, 0.4) is 0 Å². The summed E-state index contributed by atoms with van der Waals surface area (Å²) in [5.74, 6) is 2.54. The number of likely N-dealkylation sites (tertiary alicyclic amines) is 1. The molecule has 30 heavy (non-hydrogen) atoms. The van der Waals surface area contributed by atoms with Crippen LogP contribution in [0.25, 0.3) is 0 Å². The molecule has 0 aromatic heterocycles. The molecule has 0 radical (unpaired) electrons. The molecule has 1 atom stereocenters. The van der Waals surface area contributed by atoms with Gasteiger partial charge in [0.1, 0.15) is 17.6 Å². The second kappa shape index (κ2) is 7.76. The fourth-order valence-corrected chi connectivity index (χ4v) is 6.32. The summed E-state index contributed by atoms with van der Waals surface area (Å²) in [6, 6.07) is 10.6. The zero-order valence-electron chi connectivity index (χ0n) is 18.3. The van der Waals surface area contributed by atoms with Gasteiger partial charge in [-0.05, 0) is 73.6 Å². The molecule has 5 rings (SSSR count). The first kappa shape index (κ1) is 20.2. The first-order valence-corrected chi connectivity index (χ1v) is 11.8. The van der Waals surface area contributed by atoms with E-state index in [-0.39, 0.29) is 6.10 Å².